The standard InChI is InChI=1S/C10H15N3O2/c1-2-12-9(14)5-7-13-6-3-4-8(11)10(13)15/h3-4,6H,2,5,7,11H2,1H3,(H,12,14). The lowest BCUT2D eigenvalue weighted by molar-refractivity contribution is -0.121. The first-order valence-corrected chi connectivity index (χ1v) is 4.86. The van der Waals surface area contributed by atoms with E-state index in [0.29, 0.717) is 13.1 Å². The maximum absolute atomic E-state index is 11.4. The van der Waals surface area contributed by atoms with Gasteiger partial charge in [0.2, 0.25) is 5.91 Å². The van der Waals surface area contributed by atoms with E-state index in [0.717, 1.165) is 0 Å². The number of amides is 1. The highest BCUT2D eigenvalue weighted by atomic mass is 16.1. The summed E-state index contributed by atoms with van der Waals surface area (Å²) in [6.45, 7) is 2.81. The molecule has 0 aromatic carbocycles. The molecule has 0 radical (unpaired) electrons. The van der Waals surface area contributed by atoms with Crippen LogP contribution < -0.4 is 16.6 Å². The Morgan fingerprint density at radius 3 is 3.00 bits per heavy atom. The predicted octanol–water partition coefficient (Wildman–Crippen LogP) is -0.0433. The molecule has 0 spiro atoms. The van der Waals surface area contributed by atoms with Crippen molar-refractivity contribution in [3.63, 3.8) is 0 Å². The van der Waals surface area contributed by atoms with E-state index < -0.39 is 0 Å². The molecule has 0 unspecified atom stereocenters. The van der Waals surface area contributed by atoms with Crippen molar-refractivity contribution in [3.05, 3.63) is 28.7 Å². The van der Waals surface area contributed by atoms with Crippen molar-refractivity contribution in [1.29, 1.82) is 0 Å². The van der Waals surface area contributed by atoms with E-state index in [4.69, 9.17) is 5.73 Å². The monoisotopic (exact) mass is 209 g/mol. The van der Waals surface area contributed by atoms with E-state index in [1.807, 2.05) is 6.92 Å². The minimum atomic E-state index is -0.248. The van der Waals surface area contributed by atoms with Crippen LogP contribution in [0.5, 0.6) is 0 Å². The molecule has 0 bridgehead atoms. The number of hydrogen-bond donors (Lipinski definition) is 2. The highest BCUT2D eigenvalue weighted by Crippen LogP contribution is 1.93. The van der Waals surface area contributed by atoms with Crippen LogP contribution in [0.3, 0.4) is 0 Å². The Morgan fingerprint density at radius 1 is 1.60 bits per heavy atom. The molecule has 0 fully saturated rings. The normalized spacial score (nSPS) is 9.93. The van der Waals surface area contributed by atoms with Gasteiger partial charge in [-0.15, -0.1) is 0 Å². The zero-order valence-corrected chi connectivity index (χ0v) is 8.69. The number of nitrogens with zero attached hydrogens (tertiary/aromatic N) is 1. The number of anilines is 1. The summed E-state index contributed by atoms with van der Waals surface area (Å²) in [6.07, 6.45) is 1.91. The average molecular weight is 209 g/mol. The zero-order chi connectivity index (χ0) is 11.3. The van der Waals surface area contributed by atoms with Gasteiger partial charge in [-0.3, -0.25) is 9.59 Å². The number of hydrogen-bond acceptors (Lipinski definition) is 3. The summed E-state index contributed by atoms with van der Waals surface area (Å²) in [7, 11) is 0. The number of nitrogens with two attached hydrogens (primary N) is 1. The Kier molecular flexibility index (Phi) is 3.91. The second kappa shape index (κ2) is 5.19. The molecular weight excluding hydrogens is 194 g/mol. The van der Waals surface area contributed by atoms with Gasteiger partial charge in [0, 0.05) is 25.7 Å². The quantitative estimate of drug-likeness (QED) is 0.730. The van der Waals surface area contributed by atoms with Gasteiger partial charge in [-0.05, 0) is 19.1 Å². The van der Waals surface area contributed by atoms with Gasteiger partial charge in [0.25, 0.3) is 5.56 Å². The molecule has 1 aromatic rings. The number of aryl methyl sites for hydroxylation is 1. The van der Waals surface area contributed by atoms with Crippen LogP contribution in [-0.4, -0.2) is 17.0 Å². The van der Waals surface area contributed by atoms with E-state index in [-0.39, 0.29) is 23.6 Å². The Hall–Kier alpha value is -1.78. The summed E-state index contributed by atoms with van der Waals surface area (Å²) in [5.41, 5.74) is 5.41. The van der Waals surface area contributed by atoms with Crippen molar-refractivity contribution in [1.82, 2.24) is 9.88 Å². The van der Waals surface area contributed by atoms with Gasteiger partial charge in [0.15, 0.2) is 0 Å². The van der Waals surface area contributed by atoms with Crippen molar-refractivity contribution in [2.24, 2.45) is 0 Å². The summed E-state index contributed by atoms with van der Waals surface area (Å²) < 4.78 is 1.44. The number of carbonyl (C=O) groups excluding carboxylic acids is 1. The fourth-order valence-corrected chi connectivity index (χ4v) is 1.24. The fraction of sp³-hybridized carbons (Fsp3) is 0.400. The lowest BCUT2D eigenvalue weighted by atomic mass is 10.3. The second-order valence-corrected chi connectivity index (χ2v) is 3.17. The summed E-state index contributed by atoms with van der Waals surface area (Å²) in [6, 6.07) is 3.24. The SMILES string of the molecule is CCNC(=O)CCn1cccc(N)c1=O. The van der Waals surface area contributed by atoms with Crippen LogP contribution in [0.15, 0.2) is 23.1 Å². The molecule has 15 heavy (non-hydrogen) atoms. The minimum absolute atomic E-state index is 0.0631. The van der Waals surface area contributed by atoms with E-state index >= 15 is 0 Å². The summed E-state index contributed by atoms with van der Waals surface area (Å²) in [4.78, 5) is 22.6. The van der Waals surface area contributed by atoms with Crippen LogP contribution in [0.1, 0.15) is 13.3 Å². The summed E-state index contributed by atoms with van der Waals surface area (Å²) in [5.74, 6) is -0.0631. The molecule has 1 heterocycles. The number of nitrogens with one attached hydrogen (secondary N) is 1. The largest absolute Gasteiger partial charge is 0.394 e. The van der Waals surface area contributed by atoms with Crippen molar-refractivity contribution in [2.75, 3.05) is 12.3 Å². The molecule has 82 valence electrons. The van der Waals surface area contributed by atoms with Gasteiger partial charge in [-0.2, -0.15) is 0 Å². The van der Waals surface area contributed by atoms with Crippen molar-refractivity contribution < 1.29 is 4.79 Å². The number of nitrogen functional groups attached to an aromatic ring is 1. The van der Waals surface area contributed by atoms with E-state index in [2.05, 4.69) is 5.32 Å². The molecule has 0 atom stereocenters. The Morgan fingerprint density at radius 2 is 2.33 bits per heavy atom. The zero-order valence-electron chi connectivity index (χ0n) is 8.69. The first-order chi connectivity index (χ1) is 7.15. The van der Waals surface area contributed by atoms with Gasteiger partial charge in [-0.1, -0.05) is 0 Å². The molecule has 3 N–H and O–H groups in total. The van der Waals surface area contributed by atoms with Crippen LogP contribution in [0, 0.1) is 0 Å². The lowest BCUT2D eigenvalue weighted by Gasteiger charge is -2.05. The Labute approximate surface area is 87.9 Å². The van der Waals surface area contributed by atoms with Crippen LogP contribution in [0.2, 0.25) is 0 Å². The van der Waals surface area contributed by atoms with Crippen LogP contribution in [0.4, 0.5) is 5.69 Å². The van der Waals surface area contributed by atoms with Gasteiger partial charge in [0.05, 0.1) is 5.69 Å². The maximum Gasteiger partial charge on any atom is 0.273 e. The molecule has 0 aliphatic heterocycles. The molecule has 0 aliphatic carbocycles. The number of rotatable bonds is 4. The predicted molar refractivity (Wildman–Crippen MR) is 58.4 cm³/mol. The Balaban J connectivity index is 2.62. The van der Waals surface area contributed by atoms with Crippen molar-refractivity contribution in [2.45, 2.75) is 19.9 Å². The van der Waals surface area contributed by atoms with E-state index in [1.165, 1.54) is 4.57 Å². The second-order valence-electron chi connectivity index (χ2n) is 3.17. The van der Waals surface area contributed by atoms with Crippen molar-refractivity contribution in [3.8, 4) is 0 Å². The third kappa shape index (κ3) is 3.12. The molecule has 0 saturated heterocycles. The van der Waals surface area contributed by atoms with Crippen molar-refractivity contribution >= 4 is 11.6 Å². The van der Waals surface area contributed by atoms with Gasteiger partial charge >= 0.3 is 0 Å². The highest BCUT2D eigenvalue weighted by molar-refractivity contribution is 5.75. The van der Waals surface area contributed by atoms with E-state index in [1.54, 1.807) is 18.3 Å². The van der Waals surface area contributed by atoms with Gasteiger partial charge in [-0.25, -0.2) is 0 Å². The third-order valence-electron chi connectivity index (χ3n) is 2.00. The number of pyridine rings is 1. The van der Waals surface area contributed by atoms with Gasteiger partial charge in [0.1, 0.15) is 0 Å². The summed E-state index contributed by atoms with van der Waals surface area (Å²) >= 11 is 0. The van der Waals surface area contributed by atoms with Gasteiger partial charge < -0.3 is 15.6 Å². The first kappa shape index (κ1) is 11.3. The average Bonchev–Trinajstić information content (AvgIpc) is 2.21. The third-order valence-corrected chi connectivity index (χ3v) is 2.00. The topological polar surface area (TPSA) is 77.1 Å². The molecule has 1 rings (SSSR count). The van der Waals surface area contributed by atoms with Crippen LogP contribution in [-0.2, 0) is 11.3 Å². The summed E-state index contributed by atoms with van der Waals surface area (Å²) in [5, 5.41) is 2.66. The molecule has 1 amide bonds. The molecular formula is C10H15N3O2. The molecule has 1 aromatic heterocycles. The fourth-order valence-electron chi connectivity index (χ4n) is 1.24. The Bertz CT molecular complexity index is 398. The molecule has 0 aliphatic rings. The maximum atomic E-state index is 11.4. The van der Waals surface area contributed by atoms with Crippen LogP contribution in [0.25, 0.3) is 0 Å². The van der Waals surface area contributed by atoms with Crippen LogP contribution >= 0.6 is 0 Å². The number of aromatic nitrogens is 1. The molecule has 0 saturated carbocycles. The minimum Gasteiger partial charge on any atom is -0.394 e. The lowest BCUT2D eigenvalue weighted by Crippen LogP contribution is -2.27. The highest BCUT2D eigenvalue weighted by Gasteiger charge is 2.02. The number of carbonyl (C=O) groups is 1. The first-order valence-electron chi connectivity index (χ1n) is 4.86. The molecule has 5 heteroatoms. The smallest absolute Gasteiger partial charge is 0.273 e. The van der Waals surface area contributed by atoms with E-state index in [9.17, 15) is 9.59 Å². The molecule has 5 nitrogen and oxygen atoms in total.